The molecule has 2 aromatic rings. The van der Waals surface area contributed by atoms with Crippen LogP contribution in [0, 0.1) is 6.92 Å². The molecule has 3 N–H and O–H groups in total. The maximum atomic E-state index is 5.44. The molecular formula is C12H13N5S. The van der Waals surface area contributed by atoms with Gasteiger partial charge in [-0.3, -0.25) is 4.98 Å². The molecule has 0 saturated heterocycles. The molecule has 18 heavy (non-hydrogen) atoms. The SMILES string of the molecule is Cc1cccc(CNc2cnc(C(N)=S)cn2)n1. The van der Waals surface area contributed by atoms with E-state index in [1.165, 1.54) is 0 Å². The van der Waals surface area contributed by atoms with Gasteiger partial charge in [0.05, 0.1) is 24.6 Å². The molecule has 0 bridgehead atoms. The maximum Gasteiger partial charge on any atom is 0.144 e. The van der Waals surface area contributed by atoms with Gasteiger partial charge in [-0.25, -0.2) is 9.97 Å². The Balaban J connectivity index is 2.00. The normalized spacial score (nSPS) is 10.1. The summed E-state index contributed by atoms with van der Waals surface area (Å²) in [6, 6.07) is 5.89. The van der Waals surface area contributed by atoms with Crippen LogP contribution >= 0.6 is 12.2 Å². The second-order valence-electron chi connectivity index (χ2n) is 3.77. The fourth-order valence-electron chi connectivity index (χ4n) is 1.43. The van der Waals surface area contributed by atoms with Gasteiger partial charge in [0.1, 0.15) is 16.5 Å². The van der Waals surface area contributed by atoms with Crippen LogP contribution in [0.4, 0.5) is 5.82 Å². The van der Waals surface area contributed by atoms with Crippen LogP contribution in [-0.2, 0) is 6.54 Å². The first-order valence-corrected chi connectivity index (χ1v) is 5.84. The molecule has 0 radical (unpaired) electrons. The molecule has 0 aromatic carbocycles. The van der Waals surface area contributed by atoms with Gasteiger partial charge in [0.25, 0.3) is 0 Å². The summed E-state index contributed by atoms with van der Waals surface area (Å²) >= 11 is 4.81. The first-order chi connectivity index (χ1) is 8.65. The van der Waals surface area contributed by atoms with Crippen molar-refractivity contribution in [1.29, 1.82) is 0 Å². The van der Waals surface area contributed by atoms with E-state index in [4.69, 9.17) is 18.0 Å². The van der Waals surface area contributed by atoms with Crippen LogP contribution in [0.15, 0.2) is 30.6 Å². The van der Waals surface area contributed by atoms with Crippen molar-refractivity contribution in [2.75, 3.05) is 5.32 Å². The standard InChI is InChI=1S/C12H13N5S/c1-8-3-2-4-9(17-8)5-15-11-7-14-10(6-16-11)12(13)18/h2-4,6-7H,5H2,1H3,(H2,13,18)(H,15,16). The average Bonchev–Trinajstić information content (AvgIpc) is 2.37. The molecule has 2 rings (SSSR count). The highest BCUT2D eigenvalue weighted by Crippen LogP contribution is 2.04. The third-order valence-electron chi connectivity index (χ3n) is 2.30. The first-order valence-electron chi connectivity index (χ1n) is 5.43. The summed E-state index contributed by atoms with van der Waals surface area (Å²) < 4.78 is 0. The Hall–Kier alpha value is -2.08. The third kappa shape index (κ3) is 3.21. The van der Waals surface area contributed by atoms with Gasteiger partial charge in [-0.1, -0.05) is 18.3 Å². The van der Waals surface area contributed by atoms with Crippen LogP contribution in [0.3, 0.4) is 0 Å². The first kappa shape index (κ1) is 12.4. The largest absolute Gasteiger partial charge is 0.388 e. The van der Waals surface area contributed by atoms with E-state index >= 15 is 0 Å². The molecular weight excluding hydrogens is 246 g/mol. The van der Waals surface area contributed by atoms with Crippen molar-refractivity contribution in [3.05, 3.63) is 47.7 Å². The van der Waals surface area contributed by atoms with Gasteiger partial charge in [0.2, 0.25) is 0 Å². The number of pyridine rings is 1. The van der Waals surface area contributed by atoms with E-state index in [-0.39, 0.29) is 4.99 Å². The van der Waals surface area contributed by atoms with Crippen molar-refractivity contribution >= 4 is 23.0 Å². The lowest BCUT2D eigenvalue weighted by Crippen LogP contribution is -2.12. The van der Waals surface area contributed by atoms with Crippen molar-refractivity contribution in [3.8, 4) is 0 Å². The van der Waals surface area contributed by atoms with E-state index < -0.39 is 0 Å². The fraction of sp³-hybridized carbons (Fsp3) is 0.167. The van der Waals surface area contributed by atoms with E-state index in [2.05, 4.69) is 20.3 Å². The monoisotopic (exact) mass is 259 g/mol. The summed E-state index contributed by atoms with van der Waals surface area (Å²) in [6.07, 6.45) is 3.15. The van der Waals surface area contributed by atoms with Crippen LogP contribution in [-0.4, -0.2) is 19.9 Å². The number of nitrogens with two attached hydrogens (primary N) is 1. The second kappa shape index (κ2) is 5.50. The average molecular weight is 259 g/mol. The number of hydrogen-bond acceptors (Lipinski definition) is 5. The topological polar surface area (TPSA) is 76.7 Å². The molecule has 2 aromatic heterocycles. The Morgan fingerprint density at radius 1 is 1.33 bits per heavy atom. The highest BCUT2D eigenvalue weighted by Gasteiger charge is 2.00. The van der Waals surface area contributed by atoms with E-state index in [9.17, 15) is 0 Å². The molecule has 92 valence electrons. The molecule has 0 saturated carbocycles. The number of aromatic nitrogens is 3. The van der Waals surface area contributed by atoms with Crippen LogP contribution in [0.2, 0.25) is 0 Å². The number of hydrogen-bond donors (Lipinski definition) is 2. The van der Waals surface area contributed by atoms with Crippen molar-refractivity contribution in [2.24, 2.45) is 5.73 Å². The van der Waals surface area contributed by atoms with Gasteiger partial charge in [0, 0.05) is 5.69 Å². The number of nitrogens with one attached hydrogen (secondary N) is 1. The molecule has 0 fully saturated rings. The van der Waals surface area contributed by atoms with Gasteiger partial charge >= 0.3 is 0 Å². The predicted octanol–water partition coefficient (Wildman–Crippen LogP) is 1.43. The molecule has 2 heterocycles. The van der Waals surface area contributed by atoms with Gasteiger partial charge in [-0.2, -0.15) is 0 Å². The Morgan fingerprint density at radius 3 is 2.78 bits per heavy atom. The summed E-state index contributed by atoms with van der Waals surface area (Å²) in [5.41, 5.74) is 7.91. The Kier molecular flexibility index (Phi) is 3.78. The molecule has 6 heteroatoms. The van der Waals surface area contributed by atoms with E-state index in [0.717, 1.165) is 11.4 Å². The fourth-order valence-corrected chi connectivity index (χ4v) is 1.53. The number of anilines is 1. The van der Waals surface area contributed by atoms with Crippen LogP contribution in [0.1, 0.15) is 17.1 Å². The van der Waals surface area contributed by atoms with E-state index in [1.54, 1.807) is 12.4 Å². The minimum Gasteiger partial charge on any atom is -0.388 e. The Morgan fingerprint density at radius 2 is 2.17 bits per heavy atom. The lowest BCUT2D eigenvalue weighted by molar-refractivity contribution is 0.997. The summed E-state index contributed by atoms with van der Waals surface area (Å²) in [5.74, 6) is 0.665. The van der Waals surface area contributed by atoms with E-state index in [0.29, 0.717) is 18.1 Å². The quantitative estimate of drug-likeness (QED) is 0.809. The summed E-state index contributed by atoms with van der Waals surface area (Å²) in [5, 5.41) is 3.13. The lowest BCUT2D eigenvalue weighted by Gasteiger charge is -2.05. The highest BCUT2D eigenvalue weighted by atomic mass is 32.1. The molecule has 0 spiro atoms. The highest BCUT2D eigenvalue weighted by molar-refractivity contribution is 7.80. The van der Waals surface area contributed by atoms with Crippen LogP contribution in [0.5, 0.6) is 0 Å². The van der Waals surface area contributed by atoms with Crippen molar-refractivity contribution < 1.29 is 0 Å². The second-order valence-corrected chi connectivity index (χ2v) is 4.21. The zero-order valence-electron chi connectivity index (χ0n) is 9.92. The Labute approximate surface area is 110 Å². The molecule has 5 nitrogen and oxygen atoms in total. The zero-order chi connectivity index (χ0) is 13.0. The summed E-state index contributed by atoms with van der Waals surface area (Å²) in [6.45, 7) is 2.56. The smallest absolute Gasteiger partial charge is 0.144 e. The van der Waals surface area contributed by atoms with Crippen molar-refractivity contribution in [3.63, 3.8) is 0 Å². The molecule has 0 amide bonds. The maximum absolute atomic E-state index is 5.44. The summed E-state index contributed by atoms with van der Waals surface area (Å²) in [4.78, 5) is 12.9. The zero-order valence-corrected chi connectivity index (χ0v) is 10.7. The molecule has 0 aliphatic rings. The van der Waals surface area contributed by atoms with Gasteiger partial charge in [-0.05, 0) is 19.1 Å². The number of aryl methyl sites for hydroxylation is 1. The summed E-state index contributed by atoms with van der Waals surface area (Å²) in [7, 11) is 0. The third-order valence-corrected chi connectivity index (χ3v) is 2.51. The Bertz CT molecular complexity index is 553. The number of rotatable bonds is 4. The lowest BCUT2D eigenvalue weighted by atomic mass is 10.3. The molecule has 0 atom stereocenters. The van der Waals surface area contributed by atoms with Crippen LogP contribution < -0.4 is 11.1 Å². The van der Waals surface area contributed by atoms with Gasteiger partial charge < -0.3 is 11.1 Å². The van der Waals surface area contributed by atoms with Crippen LogP contribution in [0.25, 0.3) is 0 Å². The number of nitrogens with zero attached hydrogens (tertiary/aromatic N) is 3. The predicted molar refractivity (Wildman–Crippen MR) is 74.2 cm³/mol. The minimum absolute atomic E-state index is 0.245. The minimum atomic E-state index is 0.245. The van der Waals surface area contributed by atoms with Gasteiger partial charge in [0.15, 0.2) is 0 Å². The van der Waals surface area contributed by atoms with Crippen molar-refractivity contribution in [1.82, 2.24) is 15.0 Å². The molecule has 0 unspecified atom stereocenters. The van der Waals surface area contributed by atoms with Gasteiger partial charge in [-0.15, -0.1) is 0 Å². The molecule has 0 aliphatic carbocycles. The van der Waals surface area contributed by atoms with Crippen molar-refractivity contribution in [2.45, 2.75) is 13.5 Å². The number of thiocarbonyl (C=S) groups is 1. The molecule has 0 aliphatic heterocycles. The van der Waals surface area contributed by atoms with E-state index in [1.807, 2.05) is 25.1 Å².